The monoisotopic (exact) mass is 443 g/mol. The van der Waals surface area contributed by atoms with Gasteiger partial charge in [-0.3, -0.25) is 4.79 Å². The highest BCUT2D eigenvalue weighted by molar-refractivity contribution is 6.30. The van der Waals surface area contributed by atoms with Crippen LogP contribution in [0.4, 0.5) is 10.5 Å². The van der Waals surface area contributed by atoms with Gasteiger partial charge in [0, 0.05) is 10.7 Å². The number of halogens is 1. The van der Waals surface area contributed by atoms with Crippen molar-refractivity contribution in [3.63, 3.8) is 0 Å². The summed E-state index contributed by atoms with van der Waals surface area (Å²) in [6, 6.07) is 12.6. The quantitative estimate of drug-likeness (QED) is 0.705. The largest absolute Gasteiger partial charge is 0.465 e. The van der Waals surface area contributed by atoms with Crippen molar-refractivity contribution in [1.29, 1.82) is 0 Å². The zero-order chi connectivity index (χ0) is 22.6. The number of methoxy groups -OCH3 is 1. The summed E-state index contributed by atoms with van der Waals surface area (Å²) in [6.45, 7) is 3.63. The van der Waals surface area contributed by atoms with Gasteiger partial charge in [0.2, 0.25) is 0 Å². The molecule has 0 saturated heterocycles. The SMILES string of the molecule is CCOC(=O)C1(C)CN(C(=O)Nc2ccc(C(=O)OC)cc2)N=C1c1ccc(Cl)cc1. The van der Waals surface area contributed by atoms with E-state index >= 15 is 0 Å². The van der Waals surface area contributed by atoms with E-state index in [1.54, 1.807) is 50.2 Å². The predicted octanol–water partition coefficient (Wildman–Crippen LogP) is 3.95. The van der Waals surface area contributed by atoms with Gasteiger partial charge in [-0.15, -0.1) is 0 Å². The number of hydrogen-bond donors (Lipinski definition) is 1. The van der Waals surface area contributed by atoms with Crippen molar-refractivity contribution >= 4 is 41.0 Å². The van der Waals surface area contributed by atoms with Crippen molar-refractivity contribution in [2.75, 3.05) is 25.6 Å². The second kappa shape index (κ2) is 9.18. The summed E-state index contributed by atoms with van der Waals surface area (Å²) in [5.74, 6) is -0.943. The van der Waals surface area contributed by atoms with Crippen LogP contribution in [0.15, 0.2) is 53.6 Å². The van der Waals surface area contributed by atoms with E-state index in [1.807, 2.05) is 0 Å². The molecule has 0 bridgehead atoms. The lowest BCUT2D eigenvalue weighted by molar-refractivity contribution is -0.150. The average molecular weight is 444 g/mol. The lowest BCUT2D eigenvalue weighted by Gasteiger charge is -2.24. The van der Waals surface area contributed by atoms with E-state index in [4.69, 9.17) is 16.3 Å². The first-order chi connectivity index (χ1) is 14.8. The molecule has 1 atom stereocenters. The summed E-state index contributed by atoms with van der Waals surface area (Å²) in [7, 11) is 1.29. The molecule has 2 amide bonds. The van der Waals surface area contributed by atoms with Crippen LogP contribution in [0.1, 0.15) is 29.8 Å². The summed E-state index contributed by atoms with van der Waals surface area (Å²) in [6.07, 6.45) is 0. The number of anilines is 1. The Hall–Kier alpha value is -3.39. The summed E-state index contributed by atoms with van der Waals surface area (Å²) in [5.41, 5.74) is 0.761. The number of ether oxygens (including phenoxy) is 2. The van der Waals surface area contributed by atoms with Crippen LogP contribution in [-0.4, -0.2) is 49.0 Å². The minimum Gasteiger partial charge on any atom is -0.465 e. The zero-order valence-corrected chi connectivity index (χ0v) is 18.1. The molecule has 0 radical (unpaired) electrons. The van der Waals surface area contributed by atoms with Gasteiger partial charge in [-0.05, 0) is 55.8 Å². The lowest BCUT2D eigenvalue weighted by atomic mass is 9.82. The number of nitrogens with zero attached hydrogens (tertiary/aromatic N) is 2. The lowest BCUT2D eigenvalue weighted by Crippen LogP contribution is -2.42. The van der Waals surface area contributed by atoms with E-state index in [0.29, 0.717) is 27.5 Å². The van der Waals surface area contributed by atoms with Crippen LogP contribution in [-0.2, 0) is 14.3 Å². The van der Waals surface area contributed by atoms with Gasteiger partial charge in [0.1, 0.15) is 5.41 Å². The van der Waals surface area contributed by atoms with Crippen molar-refractivity contribution in [2.24, 2.45) is 10.5 Å². The van der Waals surface area contributed by atoms with Gasteiger partial charge in [-0.1, -0.05) is 23.7 Å². The molecule has 1 N–H and O–H groups in total. The number of carbonyl (C=O) groups is 3. The van der Waals surface area contributed by atoms with Crippen molar-refractivity contribution in [1.82, 2.24) is 5.01 Å². The Morgan fingerprint density at radius 3 is 2.35 bits per heavy atom. The Morgan fingerprint density at radius 2 is 1.77 bits per heavy atom. The van der Waals surface area contributed by atoms with Crippen LogP contribution in [0.2, 0.25) is 5.02 Å². The van der Waals surface area contributed by atoms with E-state index < -0.39 is 23.4 Å². The highest BCUT2D eigenvalue weighted by atomic mass is 35.5. The van der Waals surface area contributed by atoms with Crippen LogP contribution < -0.4 is 5.32 Å². The van der Waals surface area contributed by atoms with Crippen molar-refractivity contribution < 1.29 is 23.9 Å². The molecule has 0 aliphatic carbocycles. The number of hydrogen-bond acceptors (Lipinski definition) is 6. The molecule has 162 valence electrons. The third kappa shape index (κ3) is 4.69. The number of nitrogens with one attached hydrogen (secondary N) is 1. The van der Waals surface area contributed by atoms with Crippen LogP contribution in [0.3, 0.4) is 0 Å². The molecule has 1 aliphatic rings. The predicted molar refractivity (Wildman–Crippen MR) is 116 cm³/mol. The Balaban J connectivity index is 1.85. The fourth-order valence-electron chi connectivity index (χ4n) is 3.19. The molecule has 2 aromatic carbocycles. The molecule has 1 aliphatic heterocycles. The number of esters is 2. The maximum Gasteiger partial charge on any atom is 0.342 e. The molecule has 8 nitrogen and oxygen atoms in total. The maximum atomic E-state index is 12.8. The number of urea groups is 1. The molecule has 1 unspecified atom stereocenters. The summed E-state index contributed by atoms with van der Waals surface area (Å²) in [5, 5.41) is 8.87. The van der Waals surface area contributed by atoms with Gasteiger partial charge in [0.15, 0.2) is 0 Å². The molecule has 0 aromatic heterocycles. The Morgan fingerprint density at radius 1 is 1.13 bits per heavy atom. The highest BCUT2D eigenvalue weighted by Gasteiger charge is 2.48. The third-order valence-electron chi connectivity index (χ3n) is 4.84. The number of carbonyl (C=O) groups excluding carboxylic acids is 3. The minimum atomic E-state index is -1.14. The fraction of sp³-hybridized carbons (Fsp3) is 0.273. The molecule has 0 saturated carbocycles. The van der Waals surface area contributed by atoms with Gasteiger partial charge in [-0.25, -0.2) is 14.6 Å². The third-order valence-corrected chi connectivity index (χ3v) is 5.10. The molecule has 3 rings (SSSR count). The Kier molecular flexibility index (Phi) is 6.60. The standard InChI is InChI=1S/C22H22ClN3O5/c1-4-31-20(28)22(2)13-26(25-18(22)14-5-9-16(23)10-6-14)21(29)24-17-11-7-15(8-12-17)19(27)30-3/h5-12H,4,13H2,1-3H3,(H,24,29). The molecule has 9 heteroatoms. The van der Waals surface area contributed by atoms with Gasteiger partial charge in [0.25, 0.3) is 0 Å². The van der Waals surface area contributed by atoms with Crippen LogP contribution in [0.5, 0.6) is 0 Å². The second-order valence-corrected chi connectivity index (χ2v) is 7.50. The molecule has 0 spiro atoms. The van der Waals surface area contributed by atoms with E-state index in [-0.39, 0.29) is 13.2 Å². The average Bonchev–Trinajstić information content (AvgIpc) is 3.13. The summed E-state index contributed by atoms with van der Waals surface area (Å²) < 4.78 is 9.91. The maximum absolute atomic E-state index is 12.8. The zero-order valence-electron chi connectivity index (χ0n) is 17.3. The number of hydrazone groups is 1. The first kappa shape index (κ1) is 22.3. The molecular formula is C22H22ClN3O5. The highest BCUT2D eigenvalue weighted by Crippen LogP contribution is 2.33. The van der Waals surface area contributed by atoms with E-state index in [1.165, 1.54) is 24.3 Å². The fourth-order valence-corrected chi connectivity index (χ4v) is 3.32. The molecule has 1 heterocycles. The van der Waals surface area contributed by atoms with E-state index in [0.717, 1.165) is 0 Å². The number of amides is 2. The number of benzene rings is 2. The first-order valence-corrected chi connectivity index (χ1v) is 9.95. The second-order valence-electron chi connectivity index (χ2n) is 7.06. The Labute approximate surface area is 184 Å². The van der Waals surface area contributed by atoms with Crippen LogP contribution >= 0.6 is 11.6 Å². The topological polar surface area (TPSA) is 97.3 Å². The smallest absolute Gasteiger partial charge is 0.342 e. The number of rotatable bonds is 5. The van der Waals surface area contributed by atoms with Crippen LogP contribution in [0, 0.1) is 5.41 Å². The molecule has 2 aromatic rings. The summed E-state index contributed by atoms with van der Waals surface area (Å²) >= 11 is 5.98. The van der Waals surface area contributed by atoms with E-state index in [9.17, 15) is 14.4 Å². The normalized spacial score (nSPS) is 17.7. The van der Waals surface area contributed by atoms with E-state index in [2.05, 4.69) is 15.2 Å². The van der Waals surface area contributed by atoms with Gasteiger partial charge < -0.3 is 14.8 Å². The van der Waals surface area contributed by atoms with Crippen molar-refractivity contribution in [2.45, 2.75) is 13.8 Å². The first-order valence-electron chi connectivity index (χ1n) is 9.57. The molecule has 0 fully saturated rings. The van der Waals surface area contributed by atoms with Crippen molar-refractivity contribution in [3.05, 3.63) is 64.7 Å². The van der Waals surface area contributed by atoms with Gasteiger partial charge in [0.05, 0.1) is 31.5 Å². The molecule has 31 heavy (non-hydrogen) atoms. The van der Waals surface area contributed by atoms with Gasteiger partial charge >= 0.3 is 18.0 Å². The van der Waals surface area contributed by atoms with Gasteiger partial charge in [-0.2, -0.15) is 5.10 Å². The van der Waals surface area contributed by atoms with Crippen LogP contribution in [0.25, 0.3) is 0 Å². The Bertz CT molecular complexity index is 1020. The summed E-state index contributed by atoms with van der Waals surface area (Å²) in [4.78, 5) is 37.1. The minimum absolute atomic E-state index is 0.00979. The van der Waals surface area contributed by atoms with Crippen molar-refractivity contribution in [3.8, 4) is 0 Å². The molecular weight excluding hydrogens is 422 g/mol.